The summed E-state index contributed by atoms with van der Waals surface area (Å²) in [5.41, 5.74) is 4.84. The zero-order chi connectivity index (χ0) is 27.0. The van der Waals surface area contributed by atoms with Crippen molar-refractivity contribution in [3.63, 3.8) is 0 Å². The molecule has 1 aliphatic heterocycles. The third-order valence-corrected chi connectivity index (χ3v) is 5.25. The Kier molecular flexibility index (Phi) is 12.2. The Morgan fingerprint density at radius 1 is 1.05 bits per heavy atom. The van der Waals surface area contributed by atoms with Gasteiger partial charge in [0.15, 0.2) is 0 Å². The third kappa shape index (κ3) is 9.65. The number of aryl methyl sites for hydroxylation is 1. The lowest BCUT2D eigenvalue weighted by Gasteiger charge is -2.29. The summed E-state index contributed by atoms with van der Waals surface area (Å²) in [7, 11) is 1.89. The largest absolute Gasteiger partial charge is 0.508 e. The Morgan fingerprint density at radius 3 is 2.41 bits per heavy atom. The first-order valence-corrected chi connectivity index (χ1v) is 11.8. The number of nitroso groups, excluding NO2 is 1. The number of hydrogen-bond acceptors (Lipinski definition) is 7. The zero-order valence-electron chi connectivity index (χ0n) is 21.0. The summed E-state index contributed by atoms with van der Waals surface area (Å²) < 4.78 is 0. The molecule has 194 valence electrons. The molecule has 0 spiro atoms. The van der Waals surface area contributed by atoms with Crippen LogP contribution in [0, 0.1) is 4.91 Å². The number of benzene rings is 3. The van der Waals surface area contributed by atoms with Crippen molar-refractivity contribution in [1.29, 1.82) is 0 Å². The predicted octanol–water partition coefficient (Wildman–Crippen LogP) is 4.30. The molecule has 9 nitrogen and oxygen atoms in total. The summed E-state index contributed by atoms with van der Waals surface area (Å²) in [6, 6.07) is 22.2. The number of phenolic OH excluding ortho intramolecular Hbond substituents is 1. The molecular weight excluding hydrogens is 472 g/mol. The number of nitrogens with zero attached hydrogens (tertiary/aromatic N) is 2. The highest BCUT2D eigenvalue weighted by atomic mass is 16.3. The van der Waals surface area contributed by atoms with Gasteiger partial charge in [-0.3, -0.25) is 9.59 Å². The SMILES string of the molecule is CNCc1cccc(NC(C)=O)c1.O=C(c1ccc(O)cc1)N1CCCc2ccccc21.O=CCN=O. The van der Waals surface area contributed by atoms with Crippen LogP contribution < -0.4 is 15.5 Å². The number of aromatic hydroxyl groups is 1. The minimum absolute atomic E-state index is 0.00727. The van der Waals surface area contributed by atoms with E-state index in [0.717, 1.165) is 42.9 Å². The Morgan fingerprint density at radius 2 is 1.78 bits per heavy atom. The molecule has 0 unspecified atom stereocenters. The fourth-order valence-electron chi connectivity index (χ4n) is 3.70. The van der Waals surface area contributed by atoms with Gasteiger partial charge in [-0.05, 0) is 73.5 Å². The minimum Gasteiger partial charge on any atom is -0.508 e. The fourth-order valence-corrected chi connectivity index (χ4v) is 3.70. The number of fused-ring (bicyclic) bond motifs is 1. The van der Waals surface area contributed by atoms with E-state index in [4.69, 9.17) is 9.70 Å². The van der Waals surface area contributed by atoms with Crippen LogP contribution in [0.4, 0.5) is 11.4 Å². The first kappa shape index (κ1) is 28.9. The quantitative estimate of drug-likeness (QED) is 0.339. The van der Waals surface area contributed by atoms with Gasteiger partial charge in [-0.2, -0.15) is 4.91 Å². The van der Waals surface area contributed by atoms with Crippen LogP contribution in [0.1, 0.15) is 34.8 Å². The van der Waals surface area contributed by atoms with Crippen molar-refractivity contribution in [2.24, 2.45) is 5.18 Å². The Labute approximate surface area is 216 Å². The normalized spacial score (nSPS) is 11.5. The third-order valence-electron chi connectivity index (χ3n) is 5.25. The number of carbonyl (C=O) groups is 3. The van der Waals surface area contributed by atoms with Gasteiger partial charge < -0.3 is 25.4 Å². The van der Waals surface area contributed by atoms with E-state index in [0.29, 0.717) is 11.8 Å². The van der Waals surface area contributed by atoms with E-state index in [1.54, 1.807) is 24.3 Å². The number of rotatable bonds is 6. The number of aldehydes is 1. The molecule has 3 N–H and O–H groups in total. The van der Waals surface area contributed by atoms with Crippen molar-refractivity contribution >= 4 is 29.5 Å². The molecule has 0 radical (unpaired) electrons. The molecule has 0 aromatic heterocycles. The molecule has 3 aromatic rings. The minimum atomic E-state index is -0.222. The summed E-state index contributed by atoms with van der Waals surface area (Å²) in [4.78, 5) is 43.1. The molecule has 0 bridgehead atoms. The molecule has 0 saturated carbocycles. The second kappa shape index (κ2) is 15.6. The van der Waals surface area contributed by atoms with Crippen molar-refractivity contribution in [2.75, 3.05) is 30.4 Å². The number of amides is 2. The standard InChI is InChI=1S/C16H15NO2.C10H14N2O.C2H3NO2/c18-14-9-7-13(8-10-14)16(19)17-11-3-5-12-4-1-2-6-15(12)17;1-8(13)12-10-5-3-4-9(6-10)7-11-2;4-2-1-3-5/h1-2,4,6-10,18H,3,5,11H2;3-6,11H,7H2,1-2H3,(H,12,13);2H,1H2. The Balaban J connectivity index is 0.000000232. The van der Waals surface area contributed by atoms with E-state index in [2.05, 4.69) is 21.9 Å². The second-order valence-corrected chi connectivity index (χ2v) is 8.13. The Bertz CT molecular complexity index is 1180. The number of hydrogen-bond donors (Lipinski definition) is 3. The molecular formula is C28H32N4O5. The van der Waals surface area contributed by atoms with Crippen LogP contribution in [0.5, 0.6) is 5.75 Å². The lowest BCUT2D eigenvalue weighted by molar-refractivity contribution is -0.114. The van der Waals surface area contributed by atoms with Crippen molar-refractivity contribution in [3.05, 3.63) is 94.4 Å². The fraction of sp³-hybridized carbons (Fsp3) is 0.250. The summed E-state index contributed by atoms with van der Waals surface area (Å²) in [5, 5.41) is 17.3. The van der Waals surface area contributed by atoms with Gasteiger partial charge in [0.25, 0.3) is 5.91 Å². The van der Waals surface area contributed by atoms with E-state index in [1.807, 2.05) is 54.4 Å². The molecule has 0 saturated heterocycles. The van der Waals surface area contributed by atoms with Crippen molar-refractivity contribution in [3.8, 4) is 5.75 Å². The number of nitrogens with one attached hydrogen (secondary N) is 2. The number of carbonyl (C=O) groups excluding carboxylic acids is 3. The van der Waals surface area contributed by atoms with Gasteiger partial charge in [0.2, 0.25) is 5.91 Å². The van der Waals surface area contributed by atoms with Crippen LogP contribution in [0.25, 0.3) is 0 Å². The highest BCUT2D eigenvalue weighted by Gasteiger charge is 2.22. The first-order chi connectivity index (χ1) is 17.9. The van der Waals surface area contributed by atoms with Crippen LogP contribution in [0.3, 0.4) is 0 Å². The molecule has 37 heavy (non-hydrogen) atoms. The smallest absolute Gasteiger partial charge is 0.258 e. The molecule has 2 amide bonds. The highest BCUT2D eigenvalue weighted by molar-refractivity contribution is 6.06. The molecule has 3 aromatic carbocycles. The predicted molar refractivity (Wildman–Crippen MR) is 145 cm³/mol. The summed E-state index contributed by atoms with van der Waals surface area (Å²) in [5.74, 6) is 0.129. The van der Waals surface area contributed by atoms with Gasteiger partial charge in [0.05, 0.1) is 0 Å². The number of anilines is 2. The van der Waals surface area contributed by atoms with E-state index in [1.165, 1.54) is 12.5 Å². The average molecular weight is 505 g/mol. The van der Waals surface area contributed by atoms with Crippen LogP contribution in [0.2, 0.25) is 0 Å². The molecule has 0 fully saturated rings. The second-order valence-electron chi connectivity index (χ2n) is 8.13. The van der Waals surface area contributed by atoms with Gasteiger partial charge in [-0.1, -0.05) is 35.5 Å². The molecule has 4 rings (SSSR count). The molecule has 9 heteroatoms. The van der Waals surface area contributed by atoms with Crippen molar-refractivity contribution in [2.45, 2.75) is 26.3 Å². The van der Waals surface area contributed by atoms with E-state index < -0.39 is 0 Å². The Hall–Kier alpha value is -4.37. The van der Waals surface area contributed by atoms with Crippen LogP contribution in [-0.2, 0) is 22.6 Å². The van der Waals surface area contributed by atoms with E-state index in [9.17, 15) is 14.7 Å². The summed E-state index contributed by atoms with van der Waals surface area (Å²) in [6.07, 6.45) is 2.46. The number of phenols is 1. The number of para-hydroxylation sites is 1. The molecule has 1 heterocycles. The van der Waals surface area contributed by atoms with Crippen molar-refractivity contribution < 1.29 is 19.5 Å². The monoisotopic (exact) mass is 504 g/mol. The maximum atomic E-state index is 12.5. The summed E-state index contributed by atoms with van der Waals surface area (Å²) in [6.45, 7) is 2.84. The maximum Gasteiger partial charge on any atom is 0.258 e. The molecule has 0 atom stereocenters. The molecule has 1 aliphatic rings. The summed E-state index contributed by atoms with van der Waals surface area (Å²) >= 11 is 0. The van der Waals surface area contributed by atoms with E-state index >= 15 is 0 Å². The first-order valence-electron chi connectivity index (χ1n) is 11.8. The lowest BCUT2D eigenvalue weighted by Crippen LogP contribution is -2.35. The van der Waals surface area contributed by atoms with Crippen molar-refractivity contribution in [1.82, 2.24) is 5.32 Å². The van der Waals surface area contributed by atoms with Gasteiger partial charge in [-0.15, -0.1) is 0 Å². The van der Waals surface area contributed by atoms with E-state index in [-0.39, 0.29) is 24.1 Å². The van der Waals surface area contributed by atoms with Crippen LogP contribution in [0.15, 0.2) is 78.0 Å². The van der Waals surface area contributed by atoms with Crippen LogP contribution >= 0.6 is 0 Å². The average Bonchev–Trinajstić information content (AvgIpc) is 2.90. The molecule has 0 aliphatic carbocycles. The van der Waals surface area contributed by atoms with Gasteiger partial charge >= 0.3 is 0 Å². The lowest BCUT2D eigenvalue weighted by atomic mass is 10.0. The zero-order valence-corrected chi connectivity index (χ0v) is 21.0. The van der Waals surface area contributed by atoms with Crippen LogP contribution in [-0.4, -0.2) is 43.3 Å². The maximum absolute atomic E-state index is 12.5. The van der Waals surface area contributed by atoms with Gasteiger partial charge in [0, 0.05) is 37.0 Å². The highest BCUT2D eigenvalue weighted by Crippen LogP contribution is 2.28. The van der Waals surface area contributed by atoms with Gasteiger partial charge in [0.1, 0.15) is 18.6 Å². The van der Waals surface area contributed by atoms with Gasteiger partial charge in [-0.25, -0.2) is 0 Å². The topological polar surface area (TPSA) is 128 Å².